The lowest BCUT2D eigenvalue weighted by atomic mass is 10.0. The zero-order valence-electron chi connectivity index (χ0n) is 19.4. The summed E-state index contributed by atoms with van der Waals surface area (Å²) in [6.45, 7) is 4.35. The van der Waals surface area contributed by atoms with Gasteiger partial charge in [-0.05, 0) is 55.3 Å². The fourth-order valence-electron chi connectivity index (χ4n) is 3.99. The molecule has 3 aromatic rings. The number of hydrogen-bond donors (Lipinski definition) is 0. The number of hydrogen-bond acceptors (Lipinski definition) is 5. The van der Waals surface area contributed by atoms with Crippen molar-refractivity contribution in [2.75, 3.05) is 6.61 Å². The van der Waals surface area contributed by atoms with Gasteiger partial charge in [-0.3, -0.25) is 9.69 Å². The second-order valence-electron chi connectivity index (χ2n) is 8.18. The zero-order valence-corrected chi connectivity index (χ0v) is 21.7. The number of ether oxygens (including phenoxy) is 3. The molecule has 0 aromatic heterocycles. The highest BCUT2D eigenvalue weighted by Gasteiger charge is 2.39. The van der Waals surface area contributed by atoms with Crippen LogP contribution in [0.25, 0.3) is 0 Å². The lowest BCUT2D eigenvalue weighted by molar-refractivity contribution is -0.142. The van der Waals surface area contributed by atoms with Gasteiger partial charge in [-0.25, -0.2) is 4.79 Å². The van der Waals surface area contributed by atoms with E-state index in [4.69, 9.17) is 25.8 Å². The van der Waals surface area contributed by atoms with Crippen LogP contribution in [0.15, 0.2) is 71.2 Å². The van der Waals surface area contributed by atoms with Crippen molar-refractivity contribution in [2.24, 2.45) is 0 Å². The highest BCUT2D eigenvalue weighted by atomic mass is 79.9. The van der Waals surface area contributed by atoms with Gasteiger partial charge in [0.1, 0.15) is 17.6 Å². The van der Waals surface area contributed by atoms with Crippen molar-refractivity contribution in [1.82, 2.24) is 4.90 Å². The average Bonchev–Trinajstić information content (AvgIpc) is 3.12. The van der Waals surface area contributed by atoms with E-state index in [2.05, 4.69) is 15.9 Å². The van der Waals surface area contributed by atoms with E-state index in [1.165, 1.54) is 0 Å². The van der Waals surface area contributed by atoms with Crippen LogP contribution in [0, 0.1) is 0 Å². The van der Waals surface area contributed by atoms with E-state index in [9.17, 15) is 9.59 Å². The van der Waals surface area contributed by atoms with Crippen LogP contribution in [0.1, 0.15) is 36.6 Å². The number of amides is 1. The Bertz CT molecular complexity index is 1220. The van der Waals surface area contributed by atoms with E-state index >= 15 is 0 Å². The van der Waals surface area contributed by atoms with Gasteiger partial charge in [-0.15, -0.1) is 0 Å². The molecule has 0 saturated carbocycles. The van der Waals surface area contributed by atoms with Crippen LogP contribution in [0.2, 0.25) is 5.02 Å². The topological polar surface area (TPSA) is 65.1 Å². The number of halogens is 2. The molecular weight excluding hydrogens is 534 g/mol. The maximum atomic E-state index is 12.8. The van der Waals surface area contributed by atoms with Crippen LogP contribution in [0.3, 0.4) is 0 Å². The Kier molecular flexibility index (Phi) is 7.98. The smallest absolute Gasteiger partial charge is 0.411 e. The molecule has 35 heavy (non-hydrogen) atoms. The molecule has 0 unspecified atom stereocenters. The molecule has 0 aliphatic carbocycles. The molecule has 1 aliphatic heterocycles. The number of esters is 1. The fourth-order valence-corrected chi connectivity index (χ4v) is 4.55. The summed E-state index contributed by atoms with van der Waals surface area (Å²) in [6, 6.07) is 20.3. The molecule has 2 atom stereocenters. The summed E-state index contributed by atoms with van der Waals surface area (Å²) >= 11 is 9.91. The standard InChI is InChI=1S/C27H25BrClNO5/c1-3-33-25(31)14-18-9-11-22(29)24(13-18)34-23-12-10-21(28)15-20(23)16-30-17(2)26(35-27(30)32)19-7-5-4-6-8-19/h4-13,15,17,26H,3,14,16H2,1-2H3/t17-,26-/m0/s1. The first-order chi connectivity index (χ1) is 16.9. The maximum absolute atomic E-state index is 12.8. The van der Waals surface area contributed by atoms with E-state index in [-0.39, 0.29) is 37.2 Å². The SMILES string of the molecule is CCOC(=O)Cc1ccc(Cl)c(Oc2ccc(Br)cc2CN2C(=O)O[C@H](c3ccccc3)[C@@H]2C)c1. The van der Waals surface area contributed by atoms with Gasteiger partial charge in [0.2, 0.25) is 0 Å². The molecule has 4 rings (SSSR count). The number of cyclic esters (lactones) is 1. The zero-order chi connectivity index (χ0) is 24.9. The highest BCUT2D eigenvalue weighted by molar-refractivity contribution is 9.10. The van der Waals surface area contributed by atoms with Crippen molar-refractivity contribution < 1.29 is 23.8 Å². The molecule has 3 aromatic carbocycles. The van der Waals surface area contributed by atoms with Crippen LogP contribution in [0.4, 0.5) is 4.79 Å². The van der Waals surface area contributed by atoms with Crippen LogP contribution < -0.4 is 4.74 Å². The minimum Gasteiger partial charge on any atom is -0.466 e. The molecule has 1 amide bonds. The van der Waals surface area contributed by atoms with Crippen LogP contribution in [-0.2, 0) is 27.2 Å². The number of rotatable bonds is 8. The van der Waals surface area contributed by atoms with Gasteiger partial charge in [0.15, 0.2) is 0 Å². The van der Waals surface area contributed by atoms with Crippen LogP contribution >= 0.6 is 27.5 Å². The third-order valence-corrected chi connectivity index (χ3v) is 6.56. The van der Waals surface area contributed by atoms with Crippen LogP contribution in [0.5, 0.6) is 11.5 Å². The van der Waals surface area contributed by atoms with Gasteiger partial charge < -0.3 is 14.2 Å². The van der Waals surface area contributed by atoms with Gasteiger partial charge in [0, 0.05) is 10.0 Å². The predicted octanol–water partition coefficient (Wildman–Crippen LogP) is 7.08. The van der Waals surface area contributed by atoms with Crippen molar-refractivity contribution in [2.45, 2.75) is 39.0 Å². The Morgan fingerprint density at radius 2 is 1.86 bits per heavy atom. The monoisotopic (exact) mass is 557 g/mol. The van der Waals surface area contributed by atoms with Gasteiger partial charge in [0.05, 0.1) is 30.6 Å². The minimum absolute atomic E-state index is 0.118. The number of benzene rings is 3. The molecule has 0 radical (unpaired) electrons. The van der Waals surface area contributed by atoms with E-state index in [1.54, 1.807) is 30.0 Å². The van der Waals surface area contributed by atoms with Crippen molar-refractivity contribution in [3.63, 3.8) is 0 Å². The summed E-state index contributed by atoms with van der Waals surface area (Å²) in [4.78, 5) is 26.3. The van der Waals surface area contributed by atoms with Crippen molar-refractivity contribution >= 4 is 39.6 Å². The van der Waals surface area contributed by atoms with Crippen molar-refractivity contribution in [3.8, 4) is 11.5 Å². The highest BCUT2D eigenvalue weighted by Crippen LogP contribution is 2.37. The normalized spacial score (nSPS) is 17.3. The average molecular weight is 559 g/mol. The Morgan fingerprint density at radius 3 is 2.60 bits per heavy atom. The maximum Gasteiger partial charge on any atom is 0.411 e. The first kappa shape index (κ1) is 25.1. The van der Waals surface area contributed by atoms with Gasteiger partial charge in [-0.2, -0.15) is 0 Å². The lowest BCUT2D eigenvalue weighted by Crippen LogP contribution is -2.31. The van der Waals surface area contributed by atoms with Gasteiger partial charge in [-0.1, -0.05) is 63.9 Å². The first-order valence-corrected chi connectivity index (χ1v) is 12.4. The molecule has 1 saturated heterocycles. The molecular formula is C27H25BrClNO5. The number of carbonyl (C=O) groups excluding carboxylic acids is 2. The molecule has 6 nitrogen and oxygen atoms in total. The van der Waals surface area contributed by atoms with E-state index in [0.717, 1.165) is 21.2 Å². The molecule has 0 N–H and O–H groups in total. The summed E-state index contributed by atoms with van der Waals surface area (Å²) in [6.07, 6.45) is -0.618. The molecule has 8 heteroatoms. The van der Waals surface area contributed by atoms with Crippen LogP contribution in [-0.4, -0.2) is 29.6 Å². The van der Waals surface area contributed by atoms with Gasteiger partial charge >= 0.3 is 12.1 Å². The Balaban J connectivity index is 1.57. The summed E-state index contributed by atoms with van der Waals surface area (Å²) in [5.74, 6) is 0.641. The lowest BCUT2D eigenvalue weighted by Gasteiger charge is -2.22. The third kappa shape index (κ3) is 5.97. The fraction of sp³-hybridized carbons (Fsp3) is 0.259. The van der Waals surface area contributed by atoms with E-state index in [1.807, 2.05) is 55.5 Å². The molecule has 182 valence electrons. The summed E-state index contributed by atoms with van der Waals surface area (Å²) in [5.41, 5.74) is 2.46. The number of nitrogens with zero attached hydrogens (tertiary/aromatic N) is 1. The first-order valence-electron chi connectivity index (χ1n) is 11.3. The second-order valence-corrected chi connectivity index (χ2v) is 9.51. The van der Waals surface area contributed by atoms with Gasteiger partial charge in [0.25, 0.3) is 0 Å². The van der Waals surface area contributed by atoms with E-state index in [0.29, 0.717) is 23.1 Å². The Morgan fingerprint density at radius 1 is 1.09 bits per heavy atom. The van der Waals surface area contributed by atoms with Crippen molar-refractivity contribution in [1.29, 1.82) is 0 Å². The van der Waals surface area contributed by atoms with E-state index < -0.39 is 0 Å². The quantitative estimate of drug-likeness (QED) is 0.276. The molecule has 1 aliphatic rings. The molecule has 1 fully saturated rings. The Hall–Kier alpha value is -3.03. The molecule has 1 heterocycles. The summed E-state index contributed by atoms with van der Waals surface area (Å²) in [7, 11) is 0. The van der Waals surface area contributed by atoms with Crippen molar-refractivity contribution in [3.05, 3.63) is 92.9 Å². The summed E-state index contributed by atoms with van der Waals surface area (Å²) < 4.78 is 17.8. The molecule has 0 spiro atoms. The Labute approximate surface area is 217 Å². The molecule has 0 bridgehead atoms. The summed E-state index contributed by atoms with van der Waals surface area (Å²) in [5, 5.41) is 0.407. The predicted molar refractivity (Wildman–Crippen MR) is 137 cm³/mol. The second kappa shape index (κ2) is 11.1. The third-order valence-electron chi connectivity index (χ3n) is 5.75. The number of carbonyl (C=O) groups is 2. The largest absolute Gasteiger partial charge is 0.466 e. The minimum atomic E-state index is -0.383.